The number of nitrogens with zero attached hydrogens (tertiary/aromatic N) is 1. The van der Waals surface area contributed by atoms with E-state index in [0.717, 1.165) is 11.3 Å². The van der Waals surface area contributed by atoms with E-state index in [-0.39, 0.29) is 0 Å². The Balaban J connectivity index is 2.19. The topological polar surface area (TPSA) is 55.0 Å². The lowest BCUT2D eigenvalue weighted by Crippen LogP contribution is -2.24. The summed E-state index contributed by atoms with van der Waals surface area (Å²) in [6, 6.07) is 11.4. The van der Waals surface area contributed by atoms with Crippen molar-refractivity contribution in [3.8, 4) is 11.3 Å². The number of H-pyrrole nitrogens is 1. The maximum absolute atomic E-state index is 11.8. The molecule has 1 aromatic heterocycles. The van der Waals surface area contributed by atoms with Crippen LogP contribution in [0.4, 0.5) is 0 Å². The van der Waals surface area contributed by atoms with E-state index in [1.807, 2.05) is 51.1 Å². The first-order valence-corrected chi connectivity index (χ1v) is 5.80. The zero-order valence-electron chi connectivity index (χ0n) is 10.7. The molecule has 1 N–H and O–H groups in total. The Morgan fingerprint density at radius 3 is 2.50 bits per heavy atom. The molecular weight excluding hydrogens is 228 g/mol. The van der Waals surface area contributed by atoms with Crippen molar-refractivity contribution in [1.82, 2.24) is 10.2 Å². The van der Waals surface area contributed by atoms with Gasteiger partial charge in [0.15, 0.2) is 0 Å². The highest BCUT2D eigenvalue weighted by Crippen LogP contribution is 2.18. The summed E-state index contributed by atoms with van der Waals surface area (Å²) < 4.78 is 5.26. The van der Waals surface area contributed by atoms with Crippen molar-refractivity contribution >= 4 is 5.97 Å². The fraction of sp³-hybridized carbons (Fsp3) is 0.286. The second-order valence-corrected chi connectivity index (χ2v) is 5.03. The molecule has 0 unspecified atom stereocenters. The minimum Gasteiger partial charge on any atom is -0.455 e. The van der Waals surface area contributed by atoms with Crippen molar-refractivity contribution in [2.24, 2.45) is 0 Å². The van der Waals surface area contributed by atoms with Crippen LogP contribution in [0.3, 0.4) is 0 Å². The van der Waals surface area contributed by atoms with Gasteiger partial charge in [-0.05, 0) is 26.8 Å². The van der Waals surface area contributed by atoms with Crippen LogP contribution < -0.4 is 0 Å². The molecule has 0 amide bonds. The third kappa shape index (κ3) is 2.97. The number of ether oxygens (including phenoxy) is 1. The van der Waals surface area contributed by atoms with Crippen LogP contribution in [0, 0.1) is 0 Å². The normalized spacial score (nSPS) is 11.3. The molecule has 4 nitrogen and oxygen atoms in total. The number of esters is 1. The average Bonchev–Trinajstić information content (AvgIpc) is 2.77. The largest absolute Gasteiger partial charge is 0.455 e. The van der Waals surface area contributed by atoms with Crippen LogP contribution in [-0.4, -0.2) is 21.8 Å². The Bertz CT molecular complexity index is 538. The molecule has 0 bridgehead atoms. The van der Waals surface area contributed by atoms with Crippen molar-refractivity contribution in [3.63, 3.8) is 0 Å². The third-order valence-corrected chi connectivity index (χ3v) is 2.27. The van der Waals surface area contributed by atoms with E-state index in [4.69, 9.17) is 4.74 Å². The Morgan fingerprint density at radius 2 is 1.89 bits per heavy atom. The molecule has 94 valence electrons. The van der Waals surface area contributed by atoms with E-state index in [9.17, 15) is 4.79 Å². The molecule has 0 saturated carbocycles. The fourth-order valence-electron chi connectivity index (χ4n) is 1.52. The van der Waals surface area contributed by atoms with Gasteiger partial charge in [0.25, 0.3) is 0 Å². The Labute approximate surface area is 106 Å². The number of nitrogens with one attached hydrogen (secondary N) is 1. The van der Waals surface area contributed by atoms with Gasteiger partial charge in [-0.15, -0.1) is 0 Å². The highest BCUT2D eigenvalue weighted by molar-refractivity contribution is 5.88. The second kappa shape index (κ2) is 4.64. The molecule has 0 aliphatic rings. The van der Waals surface area contributed by atoms with Crippen molar-refractivity contribution in [2.75, 3.05) is 0 Å². The first-order chi connectivity index (χ1) is 8.46. The van der Waals surface area contributed by atoms with E-state index in [2.05, 4.69) is 10.2 Å². The average molecular weight is 244 g/mol. The smallest absolute Gasteiger partial charge is 0.356 e. The van der Waals surface area contributed by atoms with Crippen molar-refractivity contribution in [1.29, 1.82) is 0 Å². The number of aromatic amines is 1. The van der Waals surface area contributed by atoms with Gasteiger partial charge >= 0.3 is 5.97 Å². The van der Waals surface area contributed by atoms with Gasteiger partial charge in [-0.3, -0.25) is 5.10 Å². The summed E-state index contributed by atoms with van der Waals surface area (Å²) in [6.07, 6.45) is 0. The van der Waals surface area contributed by atoms with E-state index >= 15 is 0 Å². The Hall–Kier alpha value is -2.10. The van der Waals surface area contributed by atoms with Crippen molar-refractivity contribution in [2.45, 2.75) is 26.4 Å². The molecule has 2 aromatic rings. The molecule has 0 saturated heterocycles. The fourth-order valence-corrected chi connectivity index (χ4v) is 1.52. The number of benzene rings is 1. The van der Waals surface area contributed by atoms with Crippen molar-refractivity contribution in [3.05, 3.63) is 42.1 Å². The van der Waals surface area contributed by atoms with E-state index in [1.54, 1.807) is 6.07 Å². The number of hydrogen-bond donors (Lipinski definition) is 1. The van der Waals surface area contributed by atoms with Gasteiger partial charge in [0, 0.05) is 5.56 Å². The van der Waals surface area contributed by atoms with Gasteiger partial charge < -0.3 is 4.74 Å². The third-order valence-electron chi connectivity index (χ3n) is 2.27. The first kappa shape index (κ1) is 12.4. The van der Waals surface area contributed by atoms with Gasteiger partial charge in [0.1, 0.15) is 11.3 Å². The number of aromatic nitrogens is 2. The second-order valence-electron chi connectivity index (χ2n) is 5.03. The van der Waals surface area contributed by atoms with Crippen LogP contribution in [0.5, 0.6) is 0 Å². The predicted octanol–water partition coefficient (Wildman–Crippen LogP) is 3.03. The maximum Gasteiger partial charge on any atom is 0.356 e. The summed E-state index contributed by atoms with van der Waals surface area (Å²) >= 11 is 0. The van der Waals surface area contributed by atoms with Gasteiger partial charge in [-0.1, -0.05) is 30.3 Å². The minimum atomic E-state index is -0.505. The number of carbonyl (C=O) groups excluding carboxylic acids is 1. The van der Waals surface area contributed by atoms with Gasteiger partial charge in [0.05, 0.1) is 5.69 Å². The predicted molar refractivity (Wildman–Crippen MR) is 69.2 cm³/mol. The SMILES string of the molecule is CC(C)(C)OC(=O)c1cc(-c2ccccc2)n[nH]1. The monoisotopic (exact) mass is 244 g/mol. The molecule has 2 rings (SSSR count). The van der Waals surface area contributed by atoms with Crippen LogP contribution in [0.2, 0.25) is 0 Å². The van der Waals surface area contributed by atoms with Crippen LogP contribution in [-0.2, 0) is 4.74 Å². The van der Waals surface area contributed by atoms with Gasteiger partial charge in [0.2, 0.25) is 0 Å². The minimum absolute atomic E-state index is 0.365. The Kier molecular flexibility index (Phi) is 3.19. The number of hydrogen-bond acceptors (Lipinski definition) is 3. The van der Waals surface area contributed by atoms with Crippen LogP contribution >= 0.6 is 0 Å². The zero-order chi connectivity index (χ0) is 13.2. The number of carbonyl (C=O) groups is 1. The molecular formula is C14H16N2O2. The van der Waals surface area contributed by atoms with Gasteiger partial charge in [-0.2, -0.15) is 5.10 Å². The number of rotatable bonds is 2. The lowest BCUT2D eigenvalue weighted by Gasteiger charge is -2.18. The Morgan fingerprint density at radius 1 is 1.22 bits per heavy atom. The maximum atomic E-state index is 11.8. The molecule has 1 aromatic carbocycles. The highest BCUT2D eigenvalue weighted by atomic mass is 16.6. The summed E-state index contributed by atoms with van der Waals surface area (Å²) in [7, 11) is 0. The zero-order valence-corrected chi connectivity index (χ0v) is 10.7. The van der Waals surface area contributed by atoms with E-state index in [0.29, 0.717) is 5.69 Å². The summed E-state index contributed by atoms with van der Waals surface area (Å²) in [5, 5.41) is 6.81. The highest BCUT2D eigenvalue weighted by Gasteiger charge is 2.19. The molecule has 0 aliphatic heterocycles. The molecule has 18 heavy (non-hydrogen) atoms. The van der Waals surface area contributed by atoms with Crippen LogP contribution in [0.25, 0.3) is 11.3 Å². The van der Waals surface area contributed by atoms with Gasteiger partial charge in [-0.25, -0.2) is 4.79 Å². The summed E-state index contributed by atoms with van der Waals surface area (Å²) in [5.74, 6) is -0.391. The molecule has 0 fully saturated rings. The molecule has 0 atom stereocenters. The van der Waals surface area contributed by atoms with Crippen LogP contribution in [0.1, 0.15) is 31.3 Å². The molecule has 1 heterocycles. The summed E-state index contributed by atoms with van der Waals surface area (Å²) in [6.45, 7) is 5.50. The quantitative estimate of drug-likeness (QED) is 0.826. The van der Waals surface area contributed by atoms with E-state index < -0.39 is 11.6 Å². The molecule has 0 radical (unpaired) electrons. The molecule has 4 heteroatoms. The lowest BCUT2D eigenvalue weighted by atomic mass is 10.1. The van der Waals surface area contributed by atoms with Crippen LogP contribution in [0.15, 0.2) is 36.4 Å². The van der Waals surface area contributed by atoms with E-state index in [1.165, 1.54) is 0 Å². The molecule has 0 aliphatic carbocycles. The summed E-state index contributed by atoms with van der Waals surface area (Å²) in [5.41, 5.74) is 1.55. The lowest BCUT2D eigenvalue weighted by molar-refractivity contribution is 0.00628. The first-order valence-electron chi connectivity index (χ1n) is 5.80. The standard InChI is InChI=1S/C14H16N2O2/c1-14(2,3)18-13(17)12-9-11(15-16-12)10-7-5-4-6-8-10/h4-9H,1-3H3,(H,15,16). The summed E-state index contributed by atoms with van der Waals surface area (Å²) in [4.78, 5) is 11.8. The van der Waals surface area contributed by atoms with Crippen molar-refractivity contribution < 1.29 is 9.53 Å². The molecule has 0 spiro atoms.